The Morgan fingerprint density at radius 3 is 2.63 bits per heavy atom. The van der Waals surface area contributed by atoms with Gasteiger partial charge in [-0.15, -0.1) is 11.3 Å². The van der Waals surface area contributed by atoms with Crippen molar-refractivity contribution in [1.29, 1.82) is 0 Å². The van der Waals surface area contributed by atoms with Crippen LogP contribution in [-0.2, 0) is 4.79 Å². The summed E-state index contributed by atoms with van der Waals surface area (Å²) in [4.78, 5) is 23.0. The number of piperidine rings is 1. The predicted octanol–water partition coefficient (Wildman–Crippen LogP) is 3.82. The first kappa shape index (κ1) is 18.4. The first-order valence-electron chi connectivity index (χ1n) is 9.75. The van der Waals surface area contributed by atoms with E-state index in [9.17, 15) is 4.79 Å². The largest absolute Gasteiger partial charge is 0.497 e. The van der Waals surface area contributed by atoms with Crippen molar-refractivity contribution < 1.29 is 9.53 Å². The number of hydrogen-bond donors (Lipinski definition) is 0. The van der Waals surface area contributed by atoms with Crippen LogP contribution in [0.5, 0.6) is 5.75 Å². The standard InChI is InChI=1S/C21H27N3O2S/c1-23-18(12-16(21(23)25)14-24-10-4-3-5-11-24)19-13-22-20(27-19)15-6-8-17(26-2)9-7-15/h6-9,13,16,18H,3-5,10-12,14H2,1-2H3. The van der Waals surface area contributed by atoms with E-state index in [-0.39, 0.29) is 17.9 Å². The molecule has 1 aromatic carbocycles. The van der Waals surface area contributed by atoms with E-state index < -0.39 is 0 Å². The van der Waals surface area contributed by atoms with Gasteiger partial charge >= 0.3 is 0 Å². The summed E-state index contributed by atoms with van der Waals surface area (Å²) >= 11 is 1.69. The number of carbonyl (C=O) groups excluding carboxylic acids is 1. The Morgan fingerprint density at radius 1 is 1.19 bits per heavy atom. The van der Waals surface area contributed by atoms with Crippen LogP contribution in [0.15, 0.2) is 30.5 Å². The smallest absolute Gasteiger partial charge is 0.227 e. The topological polar surface area (TPSA) is 45.7 Å². The minimum atomic E-state index is 0.115. The molecule has 0 aliphatic carbocycles. The number of thiazole rings is 1. The highest BCUT2D eigenvalue weighted by molar-refractivity contribution is 7.15. The van der Waals surface area contributed by atoms with Crippen molar-refractivity contribution in [1.82, 2.24) is 14.8 Å². The van der Waals surface area contributed by atoms with E-state index in [1.54, 1.807) is 18.4 Å². The monoisotopic (exact) mass is 385 g/mol. The molecular formula is C21H27N3O2S. The normalized spacial score (nSPS) is 23.8. The number of amides is 1. The van der Waals surface area contributed by atoms with Gasteiger partial charge < -0.3 is 14.5 Å². The first-order chi connectivity index (χ1) is 13.2. The lowest BCUT2D eigenvalue weighted by Gasteiger charge is -2.28. The molecule has 1 amide bonds. The first-order valence-corrected chi connectivity index (χ1v) is 10.6. The Bertz CT molecular complexity index is 783. The second-order valence-electron chi connectivity index (χ2n) is 7.56. The number of hydrogen-bond acceptors (Lipinski definition) is 5. The van der Waals surface area contributed by atoms with Crippen LogP contribution in [0.1, 0.15) is 36.6 Å². The summed E-state index contributed by atoms with van der Waals surface area (Å²) in [6, 6.07) is 8.12. The van der Waals surface area contributed by atoms with Gasteiger partial charge in [-0.2, -0.15) is 0 Å². The zero-order valence-corrected chi connectivity index (χ0v) is 16.9. The SMILES string of the molecule is COc1ccc(-c2ncc(C3CC(CN4CCCCC4)C(=O)N3C)s2)cc1. The Kier molecular flexibility index (Phi) is 5.45. The lowest BCUT2D eigenvalue weighted by atomic mass is 10.0. The molecule has 3 heterocycles. The molecule has 6 heteroatoms. The van der Waals surface area contributed by atoms with Crippen LogP contribution < -0.4 is 4.74 Å². The maximum atomic E-state index is 12.8. The third kappa shape index (κ3) is 3.87. The predicted molar refractivity (Wildman–Crippen MR) is 108 cm³/mol. The van der Waals surface area contributed by atoms with Gasteiger partial charge in [0, 0.05) is 30.2 Å². The third-order valence-electron chi connectivity index (χ3n) is 5.79. The van der Waals surface area contributed by atoms with Crippen LogP contribution in [0.4, 0.5) is 0 Å². The van der Waals surface area contributed by atoms with Crippen molar-refractivity contribution >= 4 is 17.2 Å². The van der Waals surface area contributed by atoms with E-state index in [0.29, 0.717) is 0 Å². The second kappa shape index (κ2) is 7.98. The molecule has 5 nitrogen and oxygen atoms in total. The van der Waals surface area contributed by atoms with Crippen LogP contribution in [0.2, 0.25) is 0 Å². The van der Waals surface area contributed by atoms with Gasteiger partial charge in [-0.25, -0.2) is 4.98 Å². The molecule has 2 aliphatic heterocycles. The van der Waals surface area contributed by atoms with Gasteiger partial charge in [0.15, 0.2) is 0 Å². The maximum absolute atomic E-state index is 12.8. The summed E-state index contributed by atoms with van der Waals surface area (Å²) in [6.07, 6.45) is 6.70. The number of rotatable bonds is 5. The average Bonchev–Trinajstić information content (AvgIpc) is 3.30. The average molecular weight is 386 g/mol. The summed E-state index contributed by atoms with van der Waals surface area (Å²) in [7, 11) is 3.61. The Morgan fingerprint density at radius 2 is 1.93 bits per heavy atom. The van der Waals surface area contributed by atoms with Gasteiger partial charge in [0.1, 0.15) is 10.8 Å². The number of carbonyl (C=O) groups is 1. The minimum Gasteiger partial charge on any atom is -0.497 e. The number of nitrogens with zero attached hydrogens (tertiary/aromatic N) is 3. The molecule has 2 fully saturated rings. The zero-order valence-electron chi connectivity index (χ0n) is 16.1. The van der Waals surface area contributed by atoms with Gasteiger partial charge in [0.2, 0.25) is 5.91 Å². The maximum Gasteiger partial charge on any atom is 0.227 e. The van der Waals surface area contributed by atoms with E-state index in [0.717, 1.165) is 42.4 Å². The van der Waals surface area contributed by atoms with E-state index in [1.165, 1.54) is 24.1 Å². The van der Waals surface area contributed by atoms with Crippen LogP contribution in [0.3, 0.4) is 0 Å². The van der Waals surface area contributed by atoms with Crippen molar-refractivity contribution in [3.8, 4) is 16.3 Å². The highest BCUT2D eigenvalue weighted by atomic mass is 32.1. The molecule has 2 unspecified atom stereocenters. The van der Waals surface area contributed by atoms with E-state index in [2.05, 4.69) is 9.88 Å². The highest BCUT2D eigenvalue weighted by Gasteiger charge is 2.39. The third-order valence-corrected chi connectivity index (χ3v) is 6.94. The van der Waals surface area contributed by atoms with Crippen LogP contribution in [-0.4, -0.2) is 54.5 Å². The summed E-state index contributed by atoms with van der Waals surface area (Å²) in [6.45, 7) is 3.19. The fourth-order valence-corrected chi connectivity index (χ4v) is 5.27. The summed E-state index contributed by atoms with van der Waals surface area (Å²) in [5.41, 5.74) is 1.09. The lowest BCUT2D eigenvalue weighted by molar-refractivity contribution is -0.131. The van der Waals surface area contributed by atoms with Gasteiger partial charge in [-0.3, -0.25) is 4.79 Å². The van der Waals surface area contributed by atoms with Crippen molar-refractivity contribution in [2.75, 3.05) is 33.8 Å². The van der Waals surface area contributed by atoms with Gasteiger partial charge in [0.25, 0.3) is 0 Å². The molecule has 0 spiro atoms. The quantitative estimate of drug-likeness (QED) is 0.785. The van der Waals surface area contributed by atoms with Gasteiger partial charge in [-0.05, 0) is 56.6 Å². The summed E-state index contributed by atoms with van der Waals surface area (Å²) in [5, 5.41) is 0.994. The molecule has 144 valence electrons. The number of methoxy groups -OCH3 is 1. The van der Waals surface area contributed by atoms with Crippen molar-refractivity contribution in [3.63, 3.8) is 0 Å². The highest BCUT2D eigenvalue weighted by Crippen LogP contribution is 2.40. The molecule has 27 heavy (non-hydrogen) atoms. The van der Waals surface area contributed by atoms with E-state index >= 15 is 0 Å². The molecule has 0 radical (unpaired) electrons. The number of aromatic nitrogens is 1. The number of likely N-dealkylation sites (tertiary alicyclic amines) is 2. The Hall–Kier alpha value is -1.92. The lowest BCUT2D eigenvalue weighted by Crippen LogP contribution is -2.36. The molecule has 2 aliphatic rings. The Labute approximate surface area is 165 Å². The fourth-order valence-electron chi connectivity index (χ4n) is 4.19. The molecule has 2 aromatic rings. The van der Waals surface area contributed by atoms with Crippen LogP contribution >= 0.6 is 11.3 Å². The van der Waals surface area contributed by atoms with Crippen LogP contribution in [0, 0.1) is 5.92 Å². The molecule has 0 N–H and O–H groups in total. The number of benzene rings is 1. The zero-order chi connectivity index (χ0) is 18.8. The minimum absolute atomic E-state index is 0.115. The van der Waals surface area contributed by atoms with Crippen molar-refractivity contribution in [2.24, 2.45) is 5.92 Å². The molecule has 2 saturated heterocycles. The molecule has 2 atom stereocenters. The molecule has 0 saturated carbocycles. The molecule has 4 rings (SSSR count). The molecule has 0 bridgehead atoms. The second-order valence-corrected chi connectivity index (χ2v) is 8.62. The fraction of sp³-hybridized carbons (Fsp3) is 0.524. The van der Waals surface area contributed by atoms with Gasteiger partial charge in [0.05, 0.1) is 19.1 Å². The van der Waals surface area contributed by atoms with Crippen LogP contribution in [0.25, 0.3) is 10.6 Å². The Balaban J connectivity index is 1.46. The van der Waals surface area contributed by atoms with E-state index in [1.807, 2.05) is 42.4 Å². The number of ether oxygens (including phenoxy) is 1. The molecule has 1 aromatic heterocycles. The van der Waals surface area contributed by atoms with Crippen molar-refractivity contribution in [2.45, 2.75) is 31.7 Å². The summed E-state index contributed by atoms with van der Waals surface area (Å²) < 4.78 is 5.23. The van der Waals surface area contributed by atoms with Crippen molar-refractivity contribution in [3.05, 3.63) is 35.3 Å². The van der Waals surface area contributed by atoms with Gasteiger partial charge in [-0.1, -0.05) is 6.42 Å². The molecular weight excluding hydrogens is 358 g/mol. The van der Waals surface area contributed by atoms with E-state index in [4.69, 9.17) is 4.74 Å². The summed E-state index contributed by atoms with van der Waals surface area (Å²) in [5.74, 6) is 1.24.